The van der Waals surface area contributed by atoms with Crippen LogP contribution in [0.3, 0.4) is 0 Å². The first kappa shape index (κ1) is 23.4. The predicted molar refractivity (Wildman–Crippen MR) is 137 cm³/mol. The van der Waals surface area contributed by atoms with Crippen LogP contribution in [-0.2, 0) is 4.79 Å². The number of fused-ring (bicyclic) bond motifs is 1. The Balaban J connectivity index is 1.61. The van der Waals surface area contributed by atoms with Crippen molar-refractivity contribution in [2.45, 2.75) is 31.5 Å². The molecule has 4 rings (SSSR count). The minimum atomic E-state index is -0.245. The van der Waals surface area contributed by atoms with Crippen LogP contribution >= 0.6 is 11.8 Å². The fourth-order valence-corrected chi connectivity index (χ4v) is 4.62. The van der Waals surface area contributed by atoms with Gasteiger partial charge < -0.3 is 5.32 Å². The number of hydrogen-bond donors (Lipinski definition) is 1. The van der Waals surface area contributed by atoms with Gasteiger partial charge in [-0.2, -0.15) is 0 Å². The zero-order chi connectivity index (χ0) is 24.1. The number of nitrogens with one attached hydrogen (secondary N) is 1. The third-order valence-corrected chi connectivity index (χ3v) is 6.54. The summed E-state index contributed by atoms with van der Waals surface area (Å²) in [6, 6.07) is 23.6. The van der Waals surface area contributed by atoms with Gasteiger partial charge in [0.2, 0.25) is 5.91 Å². The number of benzene rings is 3. The molecule has 4 aromatic rings. The molecule has 0 aliphatic rings. The lowest BCUT2D eigenvalue weighted by atomic mass is 10.1. The molecule has 3 aromatic carbocycles. The first-order chi connectivity index (χ1) is 16.5. The Bertz CT molecular complexity index is 1380. The molecule has 1 N–H and O–H groups in total. The van der Waals surface area contributed by atoms with Crippen LogP contribution in [0.1, 0.15) is 42.2 Å². The molecule has 1 amide bonds. The summed E-state index contributed by atoms with van der Waals surface area (Å²) in [4.78, 5) is 42.6. The maximum absolute atomic E-state index is 13.4. The Morgan fingerprint density at radius 3 is 2.35 bits per heavy atom. The standard InChI is InChI=1S/C27H25N3O3S/c1-3-25(32)28-21-15-13-20(14-16-21)24(31)17-34-27-29-23-12-8-7-11-22(23)26(33)30(27)18(2)19-9-5-4-6-10-19/h4-16,18H,3,17H2,1-2H3,(H,28,32). The van der Waals surface area contributed by atoms with Crippen LogP contribution in [0.2, 0.25) is 0 Å². The number of carbonyl (C=O) groups is 2. The Morgan fingerprint density at radius 1 is 0.971 bits per heavy atom. The Morgan fingerprint density at radius 2 is 1.65 bits per heavy atom. The molecule has 0 spiro atoms. The molecule has 1 heterocycles. The highest BCUT2D eigenvalue weighted by Crippen LogP contribution is 2.25. The largest absolute Gasteiger partial charge is 0.326 e. The van der Waals surface area contributed by atoms with E-state index in [0.717, 1.165) is 5.56 Å². The number of Topliss-reactive ketones (excluding diaryl/α,β-unsaturated/α-hetero) is 1. The van der Waals surface area contributed by atoms with Crippen molar-refractivity contribution in [3.8, 4) is 0 Å². The molecule has 1 atom stereocenters. The predicted octanol–water partition coefficient (Wildman–Crippen LogP) is 5.33. The summed E-state index contributed by atoms with van der Waals surface area (Å²) in [5.41, 5.74) is 2.65. The van der Waals surface area contributed by atoms with Crippen molar-refractivity contribution in [3.05, 3.63) is 100 Å². The van der Waals surface area contributed by atoms with Crippen LogP contribution in [0.25, 0.3) is 10.9 Å². The number of rotatable bonds is 8. The maximum Gasteiger partial charge on any atom is 0.262 e. The van der Waals surface area contributed by atoms with Crippen molar-refractivity contribution in [1.29, 1.82) is 0 Å². The van der Waals surface area contributed by atoms with Gasteiger partial charge in [0.25, 0.3) is 5.56 Å². The van der Waals surface area contributed by atoms with Gasteiger partial charge in [0.1, 0.15) is 0 Å². The molecule has 0 saturated heterocycles. The van der Waals surface area contributed by atoms with Gasteiger partial charge in [-0.25, -0.2) is 4.98 Å². The van der Waals surface area contributed by atoms with Crippen LogP contribution in [0.4, 0.5) is 5.69 Å². The van der Waals surface area contributed by atoms with Crippen molar-refractivity contribution in [3.63, 3.8) is 0 Å². The lowest BCUT2D eigenvalue weighted by Crippen LogP contribution is -2.27. The van der Waals surface area contributed by atoms with E-state index >= 15 is 0 Å². The minimum absolute atomic E-state index is 0.0810. The molecule has 0 fully saturated rings. The molecule has 0 aliphatic carbocycles. The molecule has 172 valence electrons. The van der Waals surface area contributed by atoms with E-state index in [9.17, 15) is 14.4 Å². The maximum atomic E-state index is 13.4. The number of carbonyl (C=O) groups excluding carboxylic acids is 2. The topological polar surface area (TPSA) is 81.1 Å². The van der Waals surface area contributed by atoms with Gasteiger partial charge in [0.15, 0.2) is 10.9 Å². The smallest absolute Gasteiger partial charge is 0.262 e. The summed E-state index contributed by atoms with van der Waals surface area (Å²) in [5, 5.41) is 3.82. The van der Waals surface area contributed by atoms with Crippen molar-refractivity contribution >= 4 is 40.0 Å². The zero-order valence-electron chi connectivity index (χ0n) is 19.0. The summed E-state index contributed by atoms with van der Waals surface area (Å²) in [6.07, 6.45) is 0.388. The second-order valence-corrected chi connectivity index (χ2v) is 8.81. The number of aromatic nitrogens is 2. The first-order valence-corrected chi connectivity index (χ1v) is 12.1. The summed E-state index contributed by atoms with van der Waals surface area (Å²) >= 11 is 1.25. The molecule has 7 heteroatoms. The van der Waals surface area contributed by atoms with E-state index in [0.29, 0.717) is 33.7 Å². The average molecular weight is 472 g/mol. The molecule has 1 unspecified atom stereocenters. The Labute approximate surface area is 202 Å². The van der Waals surface area contributed by atoms with Gasteiger partial charge >= 0.3 is 0 Å². The molecular formula is C27H25N3O3S. The van der Waals surface area contributed by atoms with Gasteiger partial charge in [0.05, 0.1) is 22.7 Å². The van der Waals surface area contributed by atoms with E-state index in [4.69, 9.17) is 4.98 Å². The molecule has 6 nitrogen and oxygen atoms in total. The van der Waals surface area contributed by atoms with Crippen LogP contribution < -0.4 is 10.9 Å². The summed E-state index contributed by atoms with van der Waals surface area (Å²) in [7, 11) is 0. The van der Waals surface area contributed by atoms with Crippen LogP contribution in [0.15, 0.2) is 88.8 Å². The third kappa shape index (κ3) is 5.10. The SMILES string of the molecule is CCC(=O)Nc1ccc(C(=O)CSc2nc3ccccc3c(=O)n2C(C)c2ccccc2)cc1. The average Bonchev–Trinajstić information content (AvgIpc) is 2.88. The third-order valence-electron chi connectivity index (χ3n) is 5.59. The van der Waals surface area contributed by atoms with Gasteiger partial charge in [0, 0.05) is 17.7 Å². The highest BCUT2D eigenvalue weighted by Gasteiger charge is 2.19. The molecule has 1 aromatic heterocycles. The summed E-state index contributed by atoms with van der Waals surface area (Å²) in [6.45, 7) is 3.74. The number of para-hydroxylation sites is 1. The molecular weight excluding hydrogens is 446 g/mol. The normalized spacial score (nSPS) is 11.8. The quantitative estimate of drug-likeness (QED) is 0.213. The van der Waals surface area contributed by atoms with Crippen LogP contribution in [0, 0.1) is 0 Å². The molecule has 0 aliphatic heterocycles. The highest BCUT2D eigenvalue weighted by molar-refractivity contribution is 7.99. The number of nitrogens with zero attached hydrogens (tertiary/aromatic N) is 2. The number of ketones is 1. The summed E-state index contributed by atoms with van der Waals surface area (Å²) in [5.74, 6) is -0.0327. The molecule has 0 bridgehead atoms. The number of amides is 1. The second kappa shape index (κ2) is 10.5. The number of anilines is 1. The van der Waals surface area contributed by atoms with Crippen molar-refractivity contribution in [1.82, 2.24) is 9.55 Å². The molecule has 0 radical (unpaired) electrons. The highest BCUT2D eigenvalue weighted by atomic mass is 32.2. The van der Waals surface area contributed by atoms with Gasteiger partial charge in [-0.15, -0.1) is 0 Å². The number of hydrogen-bond acceptors (Lipinski definition) is 5. The second-order valence-electron chi connectivity index (χ2n) is 7.86. The van der Waals surface area contributed by atoms with Crippen molar-refractivity contribution in [2.24, 2.45) is 0 Å². The van der Waals surface area contributed by atoms with Gasteiger partial charge in [-0.05, 0) is 48.9 Å². The van der Waals surface area contributed by atoms with Crippen molar-refractivity contribution < 1.29 is 9.59 Å². The lowest BCUT2D eigenvalue weighted by Gasteiger charge is -2.20. The van der Waals surface area contributed by atoms with Crippen LogP contribution in [0.5, 0.6) is 0 Å². The van der Waals surface area contributed by atoms with Crippen molar-refractivity contribution in [2.75, 3.05) is 11.1 Å². The fraction of sp³-hybridized carbons (Fsp3) is 0.185. The zero-order valence-corrected chi connectivity index (χ0v) is 19.8. The van der Waals surface area contributed by atoms with E-state index in [1.54, 1.807) is 41.8 Å². The van der Waals surface area contributed by atoms with Gasteiger partial charge in [-0.1, -0.05) is 61.2 Å². The van der Waals surface area contributed by atoms with E-state index in [2.05, 4.69) is 5.32 Å². The van der Waals surface area contributed by atoms with Gasteiger partial charge in [-0.3, -0.25) is 19.0 Å². The monoisotopic (exact) mass is 471 g/mol. The van der Waals surface area contributed by atoms with Crippen LogP contribution in [-0.4, -0.2) is 27.0 Å². The number of thioether (sulfide) groups is 1. The first-order valence-electron chi connectivity index (χ1n) is 11.1. The molecule has 34 heavy (non-hydrogen) atoms. The Kier molecular flexibility index (Phi) is 7.23. The molecule has 0 saturated carbocycles. The van der Waals surface area contributed by atoms with E-state index in [-0.39, 0.29) is 29.0 Å². The Hall–Kier alpha value is -3.71. The minimum Gasteiger partial charge on any atom is -0.326 e. The van der Waals surface area contributed by atoms with E-state index in [1.807, 2.05) is 55.5 Å². The fourth-order valence-electron chi connectivity index (χ4n) is 3.65. The lowest BCUT2D eigenvalue weighted by molar-refractivity contribution is -0.115. The summed E-state index contributed by atoms with van der Waals surface area (Å²) < 4.78 is 1.67. The van der Waals surface area contributed by atoms with E-state index in [1.165, 1.54) is 11.8 Å². The van der Waals surface area contributed by atoms with E-state index < -0.39 is 0 Å².